The molecule has 5 nitrogen and oxygen atoms in total. The molecule has 22 heavy (non-hydrogen) atoms. The number of carbonyl (C=O) groups is 1. The number of unbranched alkanes of at least 4 members (excludes halogenated alkanes) is 6. The molecule has 0 aliphatic heterocycles. The van der Waals surface area contributed by atoms with Crippen LogP contribution in [0.15, 0.2) is 12.7 Å². The lowest BCUT2D eigenvalue weighted by molar-refractivity contribution is -0.142. The molecule has 130 valence electrons. The van der Waals surface area contributed by atoms with Crippen molar-refractivity contribution in [2.75, 3.05) is 21.3 Å². The smallest absolute Gasteiger partial charge is 0.455 e. The van der Waals surface area contributed by atoms with E-state index in [0.717, 1.165) is 18.9 Å². The second kappa shape index (κ2) is 12.8. The highest BCUT2D eigenvalue weighted by Crippen LogP contribution is 2.21. The molecule has 0 aromatic rings. The van der Waals surface area contributed by atoms with Crippen molar-refractivity contribution in [1.29, 1.82) is 0 Å². The van der Waals surface area contributed by atoms with Gasteiger partial charge in [-0.2, -0.15) is 0 Å². The summed E-state index contributed by atoms with van der Waals surface area (Å²) in [5, 5.41) is 0. The van der Waals surface area contributed by atoms with Crippen molar-refractivity contribution in [2.45, 2.75) is 64.0 Å². The third kappa shape index (κ3) is 7.53. The summed E-state index contributed by atoms with van der Waals surface area (Å²) in [6, 6.07) is 0. The van der Waals surface area contributed by atoms with Crippen molar-refractivity contribution < 1.29 is 22.8 Å². The Labute approximate surface area is 136 Å². The molecule has 1 atom stereocenters. The molecule has 0 aliphatic carbocycles. The first-order valence-electron chi connectivity index (χ1n) is 8.08. The molecular formula is C16H32O5Si. The Morgan fingerprint density at radius 3 is 1.95 bits per heavy atom. The van der Waals surface area contributed by atoms with Gasteiger partial charge in [0.25, 0.3) is 0 Å². The molecule has 0 aromatic heterocycles. The Hall–Kier alpha value is -0.693. The van der Waals surface area contributed by atoms with Gasteiger partial charge in [0.1, 0.15) is 0 Å². The van der Waals surface area contributed by atoms with Crippen LogP contribution in [0.4, 0.5) is 0 Å². The topological polar surface area (TPSA) is 54.0 Å². The standard InChI is InChI=1S/C16H32O5Si/c1-6-8-9-10-11-12-13-14-16(21-15(17)7-2)22(18-3,19-4)20-5/h7,16H,2,6,8-14H2,1,3-5H3. The van der Waals surface area contributed by atoms with Gasteiger partial charge in [-0.05, 0) is 12.8 Å². The second-order valence-electron chi connectivity index (χ2n) is 5.26. The summed E-state index contributed by atoms with van der Waals surface area (Å²) in [7, 11) is 1.58. The van der Waals surface area contributed by atoms with Crippen molar-refractivity contribution in [3.63, 3.8) is 0 Å². The largest absolute Gasteiger partial charge is 0.543 e. The summed E-state index contributed by atoms with van der Waals surface area (Å²) < 4.78 is 21.7. The molecule has 0 heterocycles. The average Bonchev–Trinajstić information content (AvgIpc) is 2.55. The molecule has 0 radical (unpaired) electrons. The molecule has 0 N–H and O–H groups in total. The Morgan fingerprint density at radius 2 is 1.50 bits per heavy atom. The molecule has 0 saturated heterocycles. The third-order valence-electron chi connectivity index (χ3n) is 3.74. The minimum absolute atomic E-state index is 0.476. The fourth-order valence-corrected chi connectivity index (χ4v) is 4.53. The number of hydrogen-bond acceptors (Lipinski definition) is 5. The molecular weight excluding hydrogens is 300 g/mol. The summed E-state index contributed by atoms with van der Waals surface area (Å²) in [4.78, 5) is 11.5. The minimum Gasteiger partial charge on any atom is -0.455 e. The van der Waals surface area contributed by atoms with E-state index in [1.807, 2.05) is 0 Å². The van der Waals surface area contributed by atoms with Crippen molar-refractivity contribution in [2.24, 2.45) is 0 Å². The first-order valence-corrected chi connectivity index (χ1v) is 9.88. The van der Waals surface area contributed by atoms with Crippen molar-refractivity contribution in [3.8, 4) is 0 Å². The quantitative estimate of drug-likeness (QED) is 0.210. The van der Waals surface area contributed by atoms with Crippen LogP contribution in [0.5, 0.6) is 0 Å². The molecule has 6 heteroatoms. The predicted octanol–water partition coefficient (Wildman–Crippen LogP) is 3.64. The average molecular weight is 333 g/mol. The minimum atomic E-state index is -3.00. The molecule has 1 unspecified atom stereocenters. The number of esters is 1. The Balaban J connectivity index is 4.41. The number of carbonyl (C=O) groups excluding carboxylic acids is 1. The zero-order chi connectivity index (χ0) is 16.8. The molecule has 0 rings (SSSR count). The van der Waals surface area contributed by atoms with Crippen LogP contribution >= 0.6 is 0 Å². The van der Waals surface area contributed by atoms with E-state index in [1.165, 1.54) is 53.4 Å². The number of hydrogen-bond donors (Lipinski definition) is 0. The summed E-state index contributed by atoms with van der Waals surface area (Å²) in [6.07, 6.45) is 10.2. The van der Waals surface area contributed by atoms with Gasteiger partial charge in [-0.25, -0.2) is 4.79 Å². The lowest BCUT2D eigenvalue weighted by Gasteiger charge is -2.31. The molecule has 0 bridgehead atoms. The van der Waals surface area contributed by atoms with E-state index in [2.05, 4.69) is 13.5 Å². The van der Waals surface area contributed by atoms with Gasteiger partial charge in [-0.1, -0.05) is 52.0 Å². The Kier molecular flexibility index (Phi) is 12.4. The van der Waals surface area contributed by atoms with Crippen LogP contribution in [0.2, 0.25) is 0 Å². The van der Waals surface area contributed by atoms with E-state index in [9.17, 15) is 4.79 Å². The Bertz CT molecular complexity index is 297. The second-order valence-corrected chi connectivity index (χ2v) is 8.33. The SMILES string of the molecule is C=CC(=O)OC(CCCCCCCCC)[Si](OC)(OC)OC. The van der Waals surface area contributed by atoms with E-state index in [0.29, 0.717) is 6.42 Å². The first-order chi connectivity index (χ1) is 10.6. The van der Waals surface area contributed by atoms with Crippen LogP contribution in [0.1, 0.15) is 58.3 Å². The maximum Gasteiger partial charge on any atom is 0.543 e. The molecule has 0 saturated carbocycles. The maximum absolute atomic E-state index is 11.5. The summed E-state index contributed by atoms with van der Waals surface area (Å²) >= 11 is 0. The lowest BCUT2D eigenvalue weighted by atomic mass is 10.1. The zero-order valence-electron chi connectivity index (χ0n) is 14.6. The van der Waals surface area contributed by atoms with Gasteiger partial charge in [-0.3, -0.25) is 0 Å². The fourth-order valence-electron chi connectivity index (χ4n) is 2.43. The van der Waals surface area contributed by atoms with E-state index in [4.69, 9.17) is 18.0 Å². The summed E-state index contributed by atoms with van der Waals surface area (Å²) in [6.45, 7) is 5.64. The van der Waals surface area contributed by atoms with Gasteiger partial charge in [0.05, 0.1) is 0 Å². The molecule has 0 aromatic carbocycles. The van der Waals surface area contributed by atoms with E-state index >= 15 is 0 Å². The van der Waals surface area contributed by atoms with Crippen molar-refractivity contribution in [3.05, 3.63) is 12.7 Å². The van der Waals surface area contributed by atoms with Gasteiger partial charge in [0.15, 0.2) is 5.73 Å². The predicted molar refractivity (Wildman–Crippen MR) is 89.5 cm³/mol. The molecule has 0 aliphatic rings. The van der Waals surface area contributed by atoms with Crippen molar-refractivity contribution in [1.82, 2.24) is 0 Å². The lowest BCUT2D eigenvalue weighted by Crippen LogP contribution is -2.56. The Morgan fingerprint density at radius 1 is 1.00 bits per heavy atom. The normalized spacial score (nSPS) is 12.9. The highest BCUT2D eigenvalue weighted by molar-refractivity contribution is 6.62. The van der Waals surface area contributed by atoms with Gasteiger partial charge in [0.2, 0.25) is 0 Å². The van der Waals surface area contributed by atoms with E-state index in [-0.39, 0.29) is 0 Å². The van der Waals surface area contributed by atoms with Crippen LogP contribution in [-0.2, 0) is 22.8 Å². The third-order valence-corrected chi connectivity index (χ3v) is 6.65. The zero-order valence-corrected chi connectivity index (χ0v) is 15.6. The van der Waals surface area contributed by atoms with Crippen LogP contribution < -0.4 is 0 Å². The maximum atomic E-state index is 11.5. The van der Waals surface area contributed by atoms with Gasteiger partial charge in [0, 0.05) is 27.4 Å². The summed E-state index contributed by atoms with van der Waals surface area (Å²) in [5.74, 6) is -0.476. The molecule has 0 spiro atoms. The highest BCUT2D eigenvalue weighted by Gasteiger charge is 2.49. The van der Waals surface area contributed by atoms with Crippen LogP contribution in [0.25, 0.3) is 0 Å². The fraction of sp³-hybridized carbons (Fsp3) is 0.812. The van der Waals surface area contributed by atoms with Gasteiger partial charge in [-0.15, -0.1) is 0 Å². The molecule has 0 amide bonds. The van der Waals surface area contributed by atoms with Crippen LogP contribution in [-0.4, -0.2) is 41.8 Å². The van der Waals surface area contributed by atoms with Crippen LogP contribution in [0.3, 0.4) is 0 Å². The van der Waals surface area contributed by atoms with E-state index < -0.39 is 20.5 Å². The van der Waals surface area contributed by atoms with Crippen molar-refractivity contribution >= 4 is 14.8 Å². The van der Waals surface area contributed by atoms with Gasteiger partial charge >= 0.3 is 14.8 Å². The molecule has 0 fully saturated rings. The first kappa shape index (κ1) is 21.3. The highest BCUT2D eigenvalue weighted by atomic mass is 28.4. The number of rotatable bonds is 14. The summed E-state index contributed by atoms with van der Waals surface area (Å²) in [5.41, 5.74) is -0.492. The van der Waals surface area contributed by atoms with Gasteiger partial charge < -0.3 is 18.0 Å². The van der Waals surface area contributed by atoms with E-state index in [1.54, 1.807) is 0 Å². The monoisotopic (exact) mass is 332 g/mol. The number of ether oxygens (including phenoxy) is 1. The van der Waals surface area contributed by atoms with Crippen LogP contribution in [0, 0.1) is 0 Å².